The van der Waals surface area contributed by atoms with Gasteiger partial charge >= 0.3 is 0 Å². The lowest BCUT2D eigenvalue weighted by atomic mass is 10.3. The lowest BCUT2D eigenvalue weighted by molar-refractivity contribution is -0.119. The minimum Gasteiger partial charge on any atom is -0.355 e. The van der Waals surface area contributed by atoms with Gasteiger partial charge in [0.25, 0.3) is 0 Å². The Morgan fingerprint density at radius 3 is 1.74 bits per heavy atom. The molecular formula is C14H24N4O2S3. The number of thioether (sulfide) groups is 2. The van der Waals surface area contributed by atoms with Crippen LogP contribution in [-0.4, -0.2) is 46.6 Å². The van der Waals surface area contributed by atoms with Crippen molar-refractivity contribution in [2.45, 2.75) is 48.2 Å². The number of carbonyl (C=O) groups is 2. The molecule has 23 heavy (non-hydrogen) atoms. The molecular weight excluding hydrogens is 352 g/mol. The predicted octanol–water partition coefficient (Wildman–Crippen LogP) is 2.55. The van der Waals surface area contributed by atoms with Crippen LogP contribution in [0.15, 0.2) is 8.68 Å². The van der Waals surface area contributed by atoms with Gasteiger partial charge in [-0.2, -0.15) is 0 Å². The molecule has 0 bridgehead atoms. The molecule has 0 radical (unpaired) electrons. The molecule has 130 valence electrons. The molecule has 1 aromatic heterocycles. The van der Waals surface area contributed by atoms with Gasteiger partial charge in [0.05, 0.1) is 11.5 Å². The zero-order valence-corrected chi connectivity index (χ0v) is 16.0. The number of carbonyl (C=O) groups excluding carboxylic acids is 2. The van der Waals surface area contributed by atoms with E-state index in [4.69, 9.17) is 0 Å². The second kappa shape index (κ2) is 12.6. The van der Waals surface area contributed by atoms with E-state index in [2.05, 4.69) is 34.7 Å². The summed E-state index contributed by atoms with van der Waals surface area (Å²) in [5.41, 5.74) is 0. The van der Waals surface area contributed by atoms with Crippen LogP contribution in [0.2, 0.25) is 0 Å². The summed E-state index contributed by atoms with van der Waals surface area (Å²) in [6.45, 7) is 5.62. The number of rotatable bonds is 12. The molecule has 0 aliphatic carbocycles. The predicted molar refractivity (Wildman–Crippen MR) is 97.2 cm³/mol. The number of amides is 2. The van der Waals surface area contributed by atoms with Crippen molar-refractivity contribution in [3.8, 4) is 0 Å². The van der Waals surface area contributed by atoms with Crippen molar-refractivity contribution in [3.05, 3.63) is 0 Å². The second-order valence-electron chi connectivity index (χ2n) is 4.82. The second-order valence-corrected chi connectivity index (χ2v) is 8.24. The lowest BCUT2D eigenvalue weighted by Crippen LogP contribution is -2.25. The average molecular weight is 377 g/mol. The van der Waals surface area contributed by atoms with Crippen molar-refractivity contribution in [1.29, 1.82) is 0 Å². The Morgan fingerprint density at radius 1 is 0.913 bits per heavy atom. The standard InChI is InChI=1S/C14H24N4O2S3/c1-3-5-7-15-11(19)9-21-13-17-18-14(23-13)22-10-12(20)16-8-6-4-2/h3-10H2,1-2H3,(H,15,19)(H,16,20). The van der Waals surface area contributed by atoms with E-state index in [0.29, 0.717) is 11.5 Å². The van der Waals surface area contributed by atoms with Crippen LogP contribution in [0.1, 0.15) is 39.5 Å². The van der Waals surface area contributed by atoms with Crippen molar-refractivity contribution in [1.82, 2.24) is 20.8 Å². The van der Waals surface area contributed by atoms with Gasteiger partial charge in [-0.25, -0.2) is 0 Å². The Labute approximate surface area is 150 Å². The van der Waals surface area contributed by atoms with Crippen LogP contribution in [0.25, 0.3) is 0 Å². The maximum absolute atomic E-state index is 11.6. The Balaban J connectivity index is 2.21. The first kappa shape index (κ1) is 20.2. The maximum atomic E-state index is 11.6. The zero-order chi connectivity index (χ0) is 16.9. The zero-order valence-electron chi connectivity index (χ0n) is 13.6. The van der Waals surface area contributed by atoms with Gasteiger partial charge in [-0.05, 0) is 12.8 Å². The van der Waals surface area contributed by atoms with Crippen LogP contribution >= 0.6 is 34.9 Å². The highest BCUT2D eigenvalue weighted by Crippen LogP contribution is 2.28. The van der Waals surface area contributed by atoms with Crippen LogP contribution in [0.3, 0.4) is 0 Å². The van der Waals surface area contributed by atoms with E-state index in [1.54, 1.807) is 0 Å². The topological polar surface area (TPSA) is 84.0 Å². The van der Waals surface area contributed by atoms with Crippen LogP contribution < -0.4 is 10.6 Å². The van der Waals surface area contributed by atoms with Gasteiger partial charge in [-0.3, -0.25) is 9.59 Å². The Bertz CT molecular complexity index is 442. The molecule has 0 aromatic carbocycles. The van der Waals surface area contributed by atoms with Crippen molar-refractivity contribution >= 4 is 46.7 Å². The summed E-state index contributed by atoms with van der Waals surface area (Å²) < 4.78 is 1.51. The fourth-order valence-corrected chi connectivity index (χ4v) is 4.16. The number of nitrogens with one attached hydrogen (secondary N) is 2. The normalized spacial score (nSPS) is 10.5. The van der Waals surface area contributed by atoms with E-state index >= 15 is 0 Å². The van der Waals surface area contributed by atoms with Crippen molar-refractivity contribution in [3.63, 3.8) is 0 Å². The third-order valence-corrected chi connectivity index (χ3v) is 5.94. The van der Waals surface area contributed by atoms with Gasteiger partial charge in [0.2, 0.25) is 11.8 Å². The van der Waals surface area contributed by atoms with E-state index in [1.165, 1.54) is 34.9 Å². The van der Waals surface area contributed by atoms with E-state index in [0.717, 1.165) is 47.5 Å². The molecule has 2 N–H and O–H groups in total. The van der Waals surface area contributed by atoms with Gasteiger partial charge in [-0.15, -0.1) is 10.2 Å². The molecule has 0 aliphatic heterocycles. The molecule has 2 amide bonds. The summed E-state index contributed by atoms with van der Waals surface area (Å²) in [6, 6.07) is 0. The number of hydrogen-bond acceptors (Lipinski definition) is 7. The fourth-order valence-electron chi connectivity index (χ4n) is 1.48. The Kier molecular flexibility index (Phi) is 11.1. The molecule has 0 fully saturated rings. The summed E-state index contributed by atoms with van der Waals surface area (Å²) in [7, 11) is 0. The minimum atomic E-state index is 0.0168. The van der Waals surface area contributed by atoms with Gasteiger partial charge < -0.3 is 10.6 Å². The van der Waals surface area contributed by atoms with Crippen molar-refractivity contribution in [2.24, 2.45) is 0 Å². The Morgan fingerprint density at radius 2 is 1.35 bits per heavy atom. The number of unbranched alkanes of at least 4 members (excludes halogenated alkanes) is 2. The molecule has 9 heteroatoms. The summed E-state index contributed by atoms with van der Waals surface area (Å²) in [5.74, 6) is 0.729. The number of hydrogen-bond donors (Lipinski definition) is 2. The van der Waals surface area contributed by atoms with Crippen LogP contribution in [0.5, 0.6) is 0 Å². The first-order valence-electron chi connectivity index (χ1n) is 7.78. The molecule has 0 atom stereocenters. The Hall–Kier alpha value is -0.800. The number of nitrogens with zero attached hydrogens (tertiary/aromatic N) is 2. The third kappa shape index (κ3) is 9.83. The summed E-state index contributed by atoms with van der Waals surface area (Å²) in [4.78, 5) is 23.2. The summed E-state index contributed by atoms with van der Waals surface area (Å²) in [6.07, 6.45) is 4.12. The maximum Gasteiger partial charge on any atom is 0.230 e. The monoisotopic (exact) mass is 376 g/mol. The molecule has 6 nitrogen and oxygen atoms in total. The molecule has 1 heterocycles. The van der Waals surface area contributed by atoms with E-state index in [9.17, 15) is 9.59 Å². The highest BCUT2D eigenvalue weighted by atomic mass is 32.2. The minimum absolute atomic E-state index is 0.0168. The fraction of sp³-hybridized carbons (Fsp3) is 0.714. The highest BCUT2D eigenvalue weighted by Gasteiger charge is 2.10. The third-order valence-electron chi connectivity index (χ3n) is 2.75. The van der Waals surface area contributed by atoms with Gasteiger partial charge in [0.15, 0.2) is 8.68 Å². The number of aromatic nitrogens is 2. The molecule has 1 aromatic rings. The molecule has 0 unspecified atom stereocenters. The highest BCUT2D eigenvalue weighted by molar-refractivity contribution is 8.03. The average Bonchev–Trinajstić information content (AvgIpc) is 2.99. The molecule has 0 aliphatic rings. The van der Waals surface area contributed by atoms with Crippen molar-refractivity contribution in [2.75, 3.05) is 24.6 Å². The van der Waals surface area contributed by atoms with Crippen LogP contribution in [0, 0.1) is 0 Å². The van der Waals surface area contributed by atoms with Crippen molar-refractivity contribution < 1.29 is 9.59 Å². The largest absolute Gasteiger partial charge is 0.355 e. The van der Waals surface area contributed by atoms with E-state index in [-0.39, 0.29) is 11.8 Å². The summed E-state index contributed by atoms with van der Waals surface area (Å²) in [5, 5.41) is 13.8. The summed E-state index contributed by atoms with van der Waals surface area (Å²) >= 11 is 4.17. The van der Waals surface area contributed by atoms with Crippen LogP contribution in [0.4, 0.5) is 0 Å². The molecule has 1 rings (SSSR count). The van der Waals surface area contributed by atoms with Gasteiger partial charge in [0.1, 0.15) is 0 Å². The molecule has 0 saturated heterocycles. The van der Waals surface area contributed by atoms with Gasteiger partial charge in [0, 0.05) is 13.1 Å². The van der Waals surface area contributed by atoms with Gasteiger partial charge in [-0.1, -0.05) is 61.5 Å². The first-order chi connectivity index (χ1) is 11.2. The smallest absolute Gasteiger partial charge is 0.230 e. The van der Waals surface area contributed by atoms with Crippen LogP contribution in [-0.2, 0) is 9.59 Å². The quantitative estimate of drug-likeness (QED) is 0.431. The SMILES string of the molecule is CCCCNC(=O)CSc1nnc(SCC(=O)NCCCC)s1. The van der Waals surface area contributed by atoms with E-state index in [1.807, 2.05) is 0 Å². The molecule has 0 spiro atoms. The molecule has 0 saturated carbocycles. The van der Waals surface area contributed by atoms with E-state index < -0.39 is 0 Å². The first-order valence-corrected chi connectivity index (χ1v) is 10.6. The lowest BCUT2D eigenvalue weighted by Gasteiger charge is -2.02.